The van der Waals surface area contributed by atoms with Gasteiger partial charge in [0.15, 0.2) is 0 Å². The maximum atomic E-state index is 3.85. The van der Waals surface area contributed by atoms with E-state index in [9.17, 15) is 0 Å². The van der Waals surface area contributed by atoms with Crippen LogP contribution < -0.4 is 5.32 Å². The Morgan fingerprint density at radius 3 is 2.41 bits per heavy atom. The van der Waals surface area contributed by atoms with E-state index in [1.54, 1.807) is 0 Å². The van der Waals surface area contributed by atoms with E-state index in [0.29, 0.717) is 6.04 Å². The van der Waals surface area contributed by atoms with Crippen LogP contribution >= 0.6 is 0 Å². The maximum Gasteiger partial charge on any atom is 0.0209 e. The van der Waals surface area contributed by atoms with E-state index in [1.807, 2.05) is 0 Å². The zero-order chi connectivity index (χ0) is 12.3. The van der Waals surface area contributed by atoms with Crippen molar-refractivity contribution in [2.45, 2.75) is 45.2 Å². The molecule has 0 aliphatic carbocycles. The Kier molecular flexibility index (Phi) is 4.83. The standard InChI is InChI=1S/C14H29N3/c1-4-17-9-5-13(6-10-17)12(2)15-14-7-8-16(3)11-14/h12-15H,4-11H2,1-3H3. The first kappa shape index (κ1) is 13.3. The summed E-state index contributed by atoms with van der Waals surface area (Å²) in [6.45, 7) is 11.0. The van der Waals surface area contributed by atoms with Crippen LogP contribution in [-0.4, -0.2) is 61.7 Å². The van der Waals surface area contributed by atoms with Crippen molar-refractivity contribution in [1.29, 1.82) is 0 Å². The number of nitrogens with zero attached hydrogens (tertiary/aromatic N) is 2. The molecule has 3 heteroatoms. The molecule has 0 aromatic heterocycles. The van der Waals surface area contributed by atoms with E-state index in [2.05, 4.69) is 36.0 Å². The van der Waals surface area contributed by atoms with Gasteiger partial charge in [-0.05, 0) is 65.3 Å². The molecule has 2 heterocycles. The van der Waals surface area contributed by atoms with Crippen LogP contribution in [0.4, 0.5) is 0 Å². The van der Waals surface area contributed by atoms with Crippen LogP contribution in [0.1, 0.15) is 33.1 Å². The number of hydrogen-bond donors (Lipinski definition) is 1. The third-order valence-corrected chi connectivity index (χ3v) is 4.68. The van der Waals surface area contributed by atoms with Crippen molar-refractivity contribution in [3.63, 3.8) is 0 Å². The molecule has 2 fully saturated rings. The summed E-state index contributed by atoms with van der Waals surface area (Å²) in [5, 5.41) is 3.85. The lowest BCUT2D eigenvalue weighted by Gasteiger charge is -2.35. The second kappa shape index (κ2) is 6.17. The number of likely N-dealkylation sites (N-methyl/N-ethyl adjacent to an activating group) is 1. The lowest BCUT2D eigenvalue weighted by atomic mass is 9.90. The quantitative estimate of drug-likeness (QED) is 0.800. The van der Waals surface area contributed by atoms with Crippen molar-refractivity contribution in [2.75, 3.05) is 39.8 Å². The highest BCUT2D eigenvalue weighted by molar-refractivity contribution is 4.85. The number of hydrogen-bond acceptors (Lipinski definition) is 3. The molecule has 2 atom stereocenters. The Morgan fingerprint density at radius 2 is 1.88 bits per heavy atom. The molecule has 17 heavy (non-hydrogen) atoms. The van der Waals surface area contributed by atoms with Crippen molar-refractivity contribution in [2.24, 2.45) is 5.92 Å². The zero-order valence-corrected chi connectivity index (χ0v) is 11.8. The van der Waals surface area contributed by atoms with Gasteiger partial charge in [-0.15, -0.1) is 0 Å². The molecule has 0 amide bonds. The molecule has 0 spiro atoms. The summed E-state index contributed by atoms with van der Waals surface area (Å²) in [7, 11) is 2.23. The summed E-state index contributed by atoms with van der Waals surface area (Å²) in [5.41, 5.74) is 0. The molecule has 100 valence electrons. The first-order chi connectivity index (χ1) is 8.19. The van der Waals surface area contributed by atoms with E-state index in [1.165, 1.54) is 52.0 Å². The predicted octanol–water partition coefficient (Wildman–Crippen LogP) is 1.40. The maximum absolute atomic E-state index is 3.85. The molecule has 3 nitrogen and oxygen atoms in total. The molecule has 0 aromatic carbocycles. The molecule has 2 unspecified atom stereocenters. The van der Waals surface area contributed by atoms with Crippen molar-refractivity contribution >= 4 is 0 Å². The minimum Gasteiger partial charge on any atom is -0.310 e. The van der Waals surface area contributed by atoms with Gasteiger partial charge in [0.1, 0.15) is 0 Å². The summed E-state index contributed by atoms with van der Waals surface area (Å²) < 4.78 is 0. The molecule has 0 aromatic rings. The van der Waals surface area contributed by atoms with Gasteiger partial charge in [-0.1, -0.05) is 6.92 Å². The molecule has 2 aliphatic heterocycles. The smallest absolute Gasteiger partial charge is 0.0209 e. The van der Waals surface area contributed by atoms with Gasteiger partial charge in [0.2, 0.25) is 0 Å². The Balaban J connectivity index is 1.71. The van der Waals surface area contributed by atoms with E-state index in [0.717, 1.165) is 12.0 Å². The second-order valence-corrected chi connectivity index (χ2v) is 5.97. The second-order valence-electron chi connectivity index (χ2n) is 5.97. The van der Waals surface area contributed by atoms with Crippen LogP contribution in [0.5, 0.6) is 0 Å². The van der Waals surface area contributed by atoms with Crippen molar-refractivity contribution < 1.29 is 0 Å². The molecule has 2 aliphatic rings. The monoisotopic (exact) mass is 239 g/mol. The Bertz CT molecular complexity index is 224. The average Bonchev–Trinajstić information content (AvgIpc) is 2.75. The first-order valence-corrected chi connectivity index (χ1v) is 7.36. The van der Waals surface area contributed by atoms with Gasteiger partial charge in [-0.25, -0.2) is 0 Å². The summed E-state index contributed by atoms with van der Waals surface area (Å²) in [5.74, 6) is 0.892. The molecule has 2 saturated heterocycles. The minimum atomic E-state index is 0.700. The topological polar surface area (TPSA) is 18.5 Å². The Morgan fingerprint density at radius 1 is 1.18 bits per heavy atom. The first-order valence-electron chi connectivity index (χ1n) is 7.36. The highest BCUT2D eigenvalue weighted by atomic mass is 15.2. The SMILES string of the molecule is CCN1CCC(C(C)NC2CCN(C)C2)CC1. The normalized spacial score (nSPS) is 30.9. The average molecular weight is 239 g/mol. The van der Waals surface area contributed by atoms with Crippen LogP contribution in [0.15, 0.2) is 0 Å². The van der Waals surface area contributed by atoms with Crippen molar-refractivity contribution in [3.05, 3.63) is 0 Å². The van der Waals surface area contributed by atoms with Gasteiger partial charge in [-0.3, -0.25) is 0 Å². The van der Waals surface area contributed by atoms with Gasteiger partial charge in [0, 0.05) is 18.6 Å². The third-order valence-electron chi connectivity index (χ3n) is 4.68. The largest absolute Gasteiger partial charge is 0.310 e. The van der Waals surface area contributed by atoms with Crippen LogP contribution in [0, 0.1) is 5.92 Å². The van der Waals surface area contributed by atoms with Gasteiger partial charge in [0.25, 0.3) is 0 Å². The summed E-state index contributed by atoms with van der Waals surface area (Å²) in [6, 6.07) is 1.43. The number of nitrogens with one attached hydrogen (secondary N) is 1. The number of rotatable bonds is 4. The predicted molar refractivity (Wildman–Crippen MR) is 73.3 cm³/mol. The van der Waals surface area contributed by atoms with Crippen LogP contribution in [0.3, 0.4) is 0 Å². The molecule has 2 rings (SSSR count). The van der Waals surface area contributed by atoms with Gasteiger partial charge >= 0.3 is 0 Å². The summed E-state index contributed by atoms with van der Waals surface area (Å²) >= 11 is 0. The molecule has 0 saturated carbocycles. The minimum absolute atomic E-state index is 0.700. The summed E-state index contributed by atoms with van der Waals surface area (Å²) in [6.07, 6.45) is 4.09. The van der Waals surface area contributed by atoms with Gasteiger partial charge in [0.05, 0.1) is 0 Å². The van der Waals surface area contributed by atoms with Gasteiger partial charge in [-0.2, -0.15) is 0 Å². The molecule has 1 N–H and O–H groups in total. The molecule has 0 bridgehead atoms. The highest BCUT2D eigenvalue weighted by Gasteiger charge is 2.26. The number of piperidine rings is 1. The zero-order valence-electron chi connectivity index (χ0n) is 11.8. The van der Waals surface area contributed by atoms with Gasteiger partial charge < -0.3 is 15.1 Å². The van der Waals surface area contributed by atoms with E-state index in [-0.39, 0.29) is 0 Å². The van der Waals surface area contributed by atoms with Crippen molar-refractivity contribution in [1.82, 2.24) is 15.1 Å². The third kappa shape index (κ3) is 3.67. The van der Waals surface area contributed by atoms with E-state index in [4.69, 9.17) is 0 Å². The van der Waals surface area contributed by atoms with E-state index >= 15 is 0 Å². The summed E-state index contributed by atoms with van der Waals surface area (Å²) in [4.78, 5) is 5.01. The molecule has 0 radical (unpaired) electrons. The van der Waals surface area contributed by atoms with Crippen LogP contribution in [-0.2, 0) is 0 Å². The Hall–Kier alpha value is -0.120. The van der Waals surface area contributed by atoms with Crippen LogP contribution in [0.25, 0.3) is 0 Å². The van der Waals surface area contributed by atoms with Crippen LogP contribution in [0.2, 0.25) is 0 Å². The Labute approximate surface area is 107 Å². The lowest BCUT2D eigenvalue weighted by Crippen LogP contribution is -2.46. The molecular formula is C14H29N3. The fourth-order valence-corrected chi connectivity index (χ4v) is 3.35. The fraction of sp³-hybridized carbons (Fsp3) is 1.00. The lowest BCUT2D eigenvalue weighted by molar-refractivity contribution is 0.164. The molecular weight excluding hydrogens is 210 g/mol. The fourth-order valence-electron chi connectivity index (χ4n) is 3.35. The van der Waals surface area contributed by atoms with Crippen molar-refractivity contribution in [3.8, 4) is 0 Å². The highest BCUT2D eigenvalue weighted by Crippen LogP contribution is 2.21. The number of likely N-dealkylation sites (tertiary alicyclic amines) is 2. The van der Waals surface area contributed by atoms with E-state index < -0.39 is 0 Å².